The van der Waals surface area contributed by atoms with Crippen LogP contribution in [0, 0.1) is 23.2 Å². The van der Waals surface area contributed by atoms with Crippen LogP contribution in [0.3, 0.4) is 0 Å². The van der Waals surface area contributed by atoms with Gasteiger partial charge in [0, 0.05) is 58.4 Å². The molecule has 47 heavy (non-hydrogen) atoms. The lowest BCUT2D eigenvalue weighted by Crippen LogP contribution is -2.65. The smallest absolute Gasteiger partial charge is 0.410 e. The lowest BCUT2D eigenvalue weighted by molar-refractivity contribution is -0.146. The maximum absolute atomic E-state index is 14.3. The summed E-state index contributed by atoms with van der Waals surface area (Å²) in [4.78, 5) is 64.6. The Kier molecular flexibility index (Phi) is 11.5. The van der Waals surface area contributed by atoms with Gasteiger partial charge in [-0.3, -0.25) is 19.4 Å². The molecule has 4 atom stereocenters. The number of amides is 4. The summed E-state index contributed by atoms with van der Waals surface area (Å²) >= 11 is 1.26. The topological polar surface area (TPSA) is 131 Å². The van der Waals surface area contributed by atoms with Crippen molar-refractivity contribution in [2.45, 2.75) is 90.4 Å². The molecule has 1 aromatic rings. The van der Waals surface area contributed by atoms with E-state index in [1.807, 2.05) is 32.6 Å². The zero-order valence-electron chi connectivity index (χ0n) is 28.7. The van der Waals surface area contributed by atoms with Gasteiger partial charge in [0.1, 0.15) is 16.5 Å². The fourth-order valence-corrected chi connectivity index (χ4v) is 8.24. The third-order valence-corrected chi connectivity index (χ3v) is 10.9. The predicted octanol–water partition coefficient (Wildman–Crippen LogP) is 3.81. The number of aromatic nitrogens is 1. The normalized spacial score (nSPS) is 24.5. The third-order valence-electron chi connectivity index (χ3n) is 10.1. The summed E-state index contributed by atoms with van der Waals surface area (Å²) in [6.45, 7) is 10.7. The number of rotatable bonds is 10. The number of ether oxygens (including phenoxy) is 3. The Labute approximate surface area is 282 Å². The minimum absolute atomic E-state index is 0.149. The van der Waals surface area contributed by atoms with Crippen LogP contribution in [0.4, 0.5) is 4.79 Å². The Morgan fingerprint density at radius 1 is 0.979 bits per heavy atom. The molecule has 3 saturated heterocycles. The first-order valence-corrected chi connectivity index (χ1v) is 18.1. The lowest BCUT2D eigenvalue weighted by atomic mass is 9.71. The number of piperidine rings is 1. The largest absolute Gasteiger partial charge is 0.444 e. The van der Waals surface area contributed by atoms with E-state index in [2.05, 4.69) is 10.3 Å². The number of carbonyl (C=O) groups is 4. The number of hydrogen-bond donors (Lipinski definition) is 1. The van der Waals surface area contributed by atoms with Crippen LogP contribution in [0.15, 0.2) is 11.7 Å². The highest BCUT2D eigenvalue weighted by Crippen LogP contribution is 2.45. The van der Waals surface area contributed by atoms with E-state index in [4.69, 9.17) is 14.2 Å². The van der Waals surface area contributed by atoms with Gasteiger partial charge >= 0.3 is 6.09 Å². The maximum atomic E-state index is 14.3. The molecule has 4 amide bonds. The second-order valence-corrected chi connectivity index (χ2v) is 16.0. The molecule has 0 unspecified atom stereocenters. The van der Waals surface area contributed by atoms with E-state index in [1.165, 1.54) is 36.8 Å². The number of methoxy groups -OCH3 is 1. The molecule has 4 fully saturated rings. The van der Waals surface area contributed by atoms with Gasteiger partial charge < -0.3 is 34.2 Å². The molecule has 4 aliphatic rings. The standard InChI is InChI=1S/C34H53N5O7S/c1-23(45-18-24-10-7-6-8-11-24)28(31(42)37-13-9-12-25(15-37)17-44-5)36-29(40)26-16-38(30(41)27-14-35-22-47-27)19-34(26)20-39(21-34)32(43)46-33(2,3)4/h14,22-26,28H,6-13,15-21H2,1-5H3,(H,36,40)/t23-,25+,26+,28+/m1/s1. The van der Waals surface area contributed by atoms with Crippen molar-refractivity contribution >= 4 is 35.2 Å². The van der Waals surface area contributed by atoms with Crippen molar-refractivity contribution in [1.82, 2.24) is 25.0 Å². The fraction of sp³-hybridized carbons (Fsp3) is 0.794. The number of thiazole rings is 1. The van der Waals surface area contributed by atoms with Crippen LogP contribution in [-0.4, -0.2) is 121 Å². The molecule has 1 saturated carbocycles. The summed E-state index contributed by atoms with van der Waals surface area (Å²) in [7, 11) is 1.68. The summed E-state index contributed by atoms with van der Waals surface area (Å²) in [5, 5.41) is 3.12. The minimum Gasteiger partial charge on any atom is -0.444 e. The molecule has 4 heterocycles. The Hall–Kier alpha value is -2.77. The van der Waals surface area contributed by atoms with Gasteiger partial charge in [0.05, 0.1) is 30.3 Å². The Balaban J connectivity index is 1.34. The summed E-state index contributed by atoms with van der Waals surface area (Å²) in [6, 6.07) is -0.877. The van der Waals surface area contributed by atoms with Gasteiger partial charge in [0.25, 0.3) is 5.91 Å². The molecule has 1 aromatic heterocycles. The van der Waals surface area contributed by atoms with Gasteiger partial charge in [-0.1, -0.05) is 19.3 Å². The van der Waals surface area contributed by atoms with Crippen LogP contribution in [0.25, 0.3) is 0 Å². The van der Waals surface area contributed by atoms with Crippen LogP contribution >= 0.6 is 11.3 Å². The monoisotopic (exact) mass is 675 g/mol. The molecule has 262 valence electrons. The molecule has 5 rings (SSSR count). The number of nitrogens with one attached hydrogen (secondary N) is 1. The van der Waals surface area contributed by atoms with Gasteiger partial charge in [-0.05, 0) is 65.2 Å². The maximum Gasteiger partial charge on any atom is 0.410 e. The average molecular weight is 676 g/mol. The van der Waals surface area contributed by atoms with E-state index in [0.29, 0.717) is 43.6 Å². The molecule has 0 radical (unpaired) electrons. The zero-order valence-corrected chi connectivity index (χ0v) is 29.5. The highest BCUT2D eigenvalue weighted by Gasteiger charge is 2.60. The quantitative estimate of drug-likeness (QED) is 0.397. The highest BCUT2D eigenvalue weighted by atomic mass is 32.1. The molecule has 3 aliphatic heterocycles. The van der Waals surface area contributed by atoms with E-state index in [1.54, 1.807) is 22.4 Å². The predicted molar refractivity (Wildman–Crippen MR) is 177 cm³/mol. The number of nitrogens with zero attached hydrogens (tertiary/aromatic N) is 4. The number of hydrogen-bond acceptors (Lipinski definition) is 9. The van der Waals surface area contributed by atoms with E-state index in [9.17, 15) is 19.2 Å². The van der Waals surface area contributed by atoms with Gasteiger partial charge in [0.15, 0.2) is 0 Å². The summed E-state index contributed by atoms with van der Waals surface area (Å²) < 4.78 is 17.4. The SMILES string of the molecule is COC[C@H]1CCCN(C(=O)[C@@H](NC(=O)[C@@H]2CN(C(=O)c3cncs3)CC23CN(C(=O)OC(C)(C)C)C3)[C@@H](C)OCC2CCCCC2)C1. The van der Waals surface area contributed by atoms with Crippen molar-refractivity contribution in [3.8, 4) is 0 Å². The van der Waals surface area contributed by atoms with Crippen molar-refractivity contribution < 1.29 is 33.4 Å². The van der Waals surface area contributed by atoms with Crippen LogP contribution < -0.4 is 5.32 Å². The molecule has 0 aromatic carbocycles. The Bertz CT molecular complexity index is 1240. The van der Waals surface area contributed by atoms with Crippen LogP contribution in [0.2, 0.25) is 0 Å². The molecular formula is C34H53N5O7S. The number of likely N-dealkylation sites (tertiary alicyclic amines) is 3. The summed E-state index contributed by atoms with van der Waals surface area (Å²) in [6.07, 6.45) is 8.28. The third kappa shape index (κ3) is 8.64. The Morgan fingerprint density at radius 2 is 1.68 bits per heavy atom. The minimum atomic E-state index is -0.877. The van der Waals surface area contributed by atoms with Crippen LogP contribution in [0.5, 0.6) is 0 Å². The molecule has 0 bridgehead atoms. The average Bonchev–Trinajstić information content (AvgIpc) is 3.70. The molecule has 13 heteroatoms. The van der Waals surface area contributed by atoms with Crippen LogP contribution in [0.1, 0.15) is 82.3 Å². The van der Waals surface area contributed by atoms with Gasteiger partial charge in [-0.15, -0.1) is 11.3 Å². The summed E-state index contributed by atoms with van der Waals surface area (Å²) in [5.41, 5.74) is 0.299. The van der Waals surface area contributed by atoms with Gasteiger partial charge in [0.2, 0.25) is 11.8 Å². The highest BCUT2D eigenvalue weighted by molar-refractivity contribution is 7.11. The Morgan fingerprint density at radius 3 is 2.34 bits per heavy atom. The van der Waals surface area contributed by atoms with Crippen molar-refractivity contribution in [3.05, 3.63) is 16.6 Å². The number of carbonyl (C=O) groups excluding carboxylic acids is 4. The van der Waals surface area contributed by atoms with E-state index in [-0.39, 0.29) is 43.3 Å². The van der Waals surface area contributed by atoms with E-state index < -0.39 is 35.2 Å². The van der Waals surface area contributed by atoms with Crippen molar-refractivity contribution in [2.75, 3.05) is 59.6 Å². The van der Waals surface area contributed by atoms with Crippen molar-refractivity contribution in [2.24, 2.45) is 23.2 Å². The molecule has 1 aliphatic carbocycles. The van der Waals surface area contributed by atoms with Crippen LogP contribution in [-0.2, 0) is 23.8 Å². The first kappa shape index (κ1) is 35.5. The van der Waals surface area contributed by atoms with E-state index in [0.717, 1.165) is 25.7 Å². The zero-order chi connectivity index (χ0) is 33.8. The molecular weight excluding hydrogens is 622 g/mol. The molecule has 1 N–H and O–H groups in total. The second kappa shape index (κ2) is 15.2. The van der Waals surface area contributed by atoms with E-state index >= 15 is 0 Å². The fourth-order valence-electron chi connectivity index (χ4n) is 7.66. The first-order chi connectivity index (χ1) is 22.4. The van der Waals surface area contributed by atoms with Gasteiger partial charge in [-0.2, -0.15) is 0 Å². The first-order valence-electron chi connectivity index (χ1n) is 17.2. The second-order valence-electron chi connectivity index (χ2n) is 15.1. The van der Waals surface area contributed by atoms with Crippen molar-refractivity contribution in [1.29, 1.82) is 0 Å². The summed E-state index contributed by atoms with van der Waals surface area (Å²) in [5.74, 6) is -0.564. The lowest BCUT2D eigenvalue weighted by Gasteiger charge is -2.50. The molecule has 1 spiro atoms. The molecule has 12 nitrogen and oxygen atoms in total. The van der Waals surface area contributed by atoms with Crippen molar-refractivity contribution in [3.63, 3.8) is 0 Å². The van der Waals surface area contributed by atoms with Gasteiger partial charge in [-0.25, -0.2) is 4.79 Å².